The van der Waals surface area contributed by atoms with Gasteiger partial charge in [0.2, 0.25) is 0 Å². The monoisotopic (exact) mass is 262 g/mol. The summed E-state index contributed by atoms with van der Waals surface area (Å²) in [7, 11) is 0. The Labute approximate surface area is 113 Å². The molecule has 102 valence electrons. The molecule has 1 aromatic carbocycles. The lowest BCUT2D eigenvalue weighted by atomic mass is 10.1. The van der Waals surface area contributed by atoms with Crippen LogP contribution in [0, 0.1) is 23.6 Å². The average Bonchev–Trinajstić information content (AvgIpc) is 3.21. The van der Waals surface area contributed by atoms with Crippen molar-refractivity contribution in [1.82, 2.24) is 0 Å². The van der Waals surface area contributed by atoms with Gasteiger partial charge in [0, 0.05) is 24.2 Å². The van der Waals surface area contributed by atoms with Crippen LogP contribution in [0.25, 0.3) is 0 Å². The van der Waals surface area contributed by atoms with Crippen molar-refractivity contribution in [1.29, 1.82) is 0 Å². The van der Waals surface area contributed by atoms with Crippen LogP contribution in [0.5, 0.6) is 0 Å². The van der Waals surface area contributed by atoms with Crippen LogP contribution in [0.4, 0.5) is 4.39 Å². The molecule has 0 unspecified atom stereocenters. The molecule has 1 aromatic rings. The first kappa shape index (κ1) is 14.0. The molecule has 0 amide bonds. The van der Waals surface area contributed by atoms with Gasteiger partial charge in [0.15, 0.2) is 0 Å². The molecule has 1 fully saturated rings. The summed E-state index contributed by atoms with van der Waals surface area (Å²) in [6.07, 6.45) is 4.14. The summed E-state index contributed by atoms with van der Waals surface area (Å²) >= 11 is 0. The highest BCUT2D eigenvalue weighted by atomic mass is 19.1. The van der Waals surface area contributed by atoms with Crippen LogP contribution in [0.3, 0.4) is 0 Å². The second-order valence-electron chi connectivity index (χ2n) is 4.87. The maximum absolute atomic E-state index is 13.8. The van der Waals surface area contributed by atoms with E-state index in [0.717, 1.165) is 12.3 Å². The third kappa shape index (κ3) is 5.02. The fraction of sp³-hybridized carbons (Fsp3) is 0.500. The molecule has 1 saturated carbocycles. The molecule has 0 bridgehead atoms. The number of ether oxygens (including phenoxy) is 1. The molecule has 0 aromatic heterocycles. The summed E-state index contributed by atoms with van der Waals surface area (Å²) in [4.78, 5) is 0. The molecular weight excluding hydrogens is 243 g/mol. The van der Waals surface area contributed by atoms with E-state index in [-0.39, 0.29) is 12.4 Å². The molecule has 1 aliphatic rings. The molecule has 19 heavy (non-hydrogen) atoms. The van der Waals surface area contributed by atoms with E-state index in [4.69, 9.17) is 9.84 Å². The Kier molecular flexibility index (Phi) is 5.38. The van der Waals surface area contributed by atoms with Crippen molar-refractivity contribution in [3.05, 3.63) is 35.1 Å². The van der Waals surface area contributed by atoms with Crippen molar-refractivity contribution in [3.63, 3.8) is 0 Å². The predicted octanol–water partition coefficient (Wildman–Crippen LogP) is 2.88. The lowest BCUT2D eigenvalue weighted by molar-refractivity contribution is 0.113. The highest BCUT2D eigenvalue weighted by Crippen LogP contribution is 2.32. The molecule has 2 nitrogen and oxygen atoms in total. The lowest BCUT2D eigenvalue weighted by Crippen LogP contribution is -1.99. The summed E-state index contributed by atoms with van der Waals surface area (Å²) in [5.74, 6) is 6.15. The van der Waals surface area contributed by atoms with Crippen LogP contribution in [-0.4, -0.2) is 18.3 Å². The minimum atomic E-state index is -0.276. The van der Waals surface area contributed by atoms with Gasteiger partial charge in [-0.25, -0.2) is 4.39 Å². The van der Waals surface area contributed by atoms with E-state index < -0.39 is 0 Å². The number of hydrogen-bond acceptors (Lipinski definition) is 2. The molecule has 0 atom stereocenters. The highest BCUT2D eigenvalue weighted by molar-refractivity contribution is 5.36. The predicted molar refractivity (Wildman–Crippen MR) is 72.0 cm³/mol. The third-order valence-electron chi connectivity index (χ3n) is 3.15. The number of aliphatic hydroxyl groups excluding tert-OH is 1. The topological polar surface area (TPSA) is 29.5 Å². The van der Waals surface area contributed by atoms with Gasteiger partial charge in [0.25, 0.3) is 0 Å². The van der Waals surface area contributed by atoms with Gasteiger partial charge in [0.05, 0.1) is 13.2 Å². The number of benzene rings is 1. The zero-order valence-electron chi connectivity index (χ0n) is 11.0. The summed E-state index contributed by atoms with van der Waals surface area (Å²) in [6, 6.07) is 4.92. The second-order valence-corrected chi connectivity index (χ2v) is 4.87. The highest BCUT2D eigenvalue weighted by Gasteiger charge is 2.20. The van der Waals surface area contributed by atoms with E-state index in [1.807, 2.05) is 0 Å². The van der Waals surface area contributed by atoms with Crippen LogP contribution >= 0.6 is 0 Å². The van der Waals surface area contributed by atoms with Crippen molar-refractivity contribution < 1.29 is 14.2 Å². The van der Waals surface area contributed by atoms with Crippen LogP contribution in [-0.2, 0) is 11.3 Å². The summed E-state index contributed by atoms with van der Waals surface area (Å²) in [5, 5.41) is 8.61. The van der Waals surface area contributed by atoms with E-state index in [1.54, 1.807) is 12.1 Å². The number of rotatable bonds is 6. The molecule has 3 heteroatoms. The SMILES string of the molecule is OCCC#Cc1ccc(COCCC2CC2)c(F)c1. The third-order valence-corrected chi connectivity index (χ3v) is 3.15. The minimum Gasteiger partial charge on any atom is -0.395 e. The second kappa shape index (κ2) is 7.28. The van der Waals surface area contributed by atoms with Gasteiger partial charge in [-0.15, -0.1) is 0 Å². The zero-order valence-corrected chi connectivity index (χ0v) is 11.0. The quantitative estimate of drug-likeness (QED) is 0.631. The standard InChI is InChI=1S/C16H19FO2/c17-16-11-14(3-1-2-9-18)6-7-15(16)12-19-10-8-13-4-5-13/h6-7,11,13,18H,2,4-5,8-10,12H2. The summed E-state index contributed by atoms with van der Waals surface area (Å²) < 4.78 is 19.2. The average molecular weight is 262 g/mol. The Morgan fingerprint density at radius 3 is 2.89 bits per heavy atom. The molecule has 0 spiro atoms. The molecule has 0 radical (unpaired) electrons. The number of hydrogen-bond donors (Lipinski definition) is 1. The smallest absolute Gasteiger partial charge is 0.129 e. The van der Waals surface area contributed by atoms with E-state index in [9.17, 15) is 4.39 Å². The van der Waals surface area contributed by atoms with E-state index >= 15 is 0 Å². The van der Waals surface area contributed by atoms with Crippen LogP contribution in [0.2, 0.25) is 0 Å². The maximum atomic E-state index is 13.8. The zero-order chi connectivity index (χ0) is 13.5. The first-order chi connectivity index (χ1) is 9.29. The van der Waals surface area contributed by atoms with Gasteiger partial charge in [-0.05, 0) is 24.5 Å². The van der Waals surface area contributed by atoms with E-state index in [2.05, 4.69) is 11.8 Å². The summed E-state index contributed by atoms with van der Waals surface area (Å²) in [6.45, 7) is 1.06. The fourth-order valence-corrected chi connectivity index (χ4v) is 1.80. The molecule has 2 rings (SSSR count). The van der Waals surface area contributed by atoms with Gasteiger partial charge in [-0.1, -0.05) is 30.7 Å². The molecule has 1 aliphatic carbocycles. The Hall–Kier alpha value is -1.37. The van der Waals surface area contributed by atoms with Crippen LogP contribution in [0.1, 0.15) is 36.8 Å². The molecular formula is C16H19FO2. The largest absolute Gasteiger partial charge is 0.395 e. The van der Waals surface area contributed by atoms with Crippen LogP contribution in [0.15, 0.2) is 18.2 Å². The van der Waals surface area contributed by atoms with Gasteiger partial charge in [0.1, 0.15) is 5.82 Å². The van der Waals surface area contributed by atoms with Gasteiger partial charge < -0.3 is 9.84 Å². The van der Waals surface area contributed by atoms with Gasteiger partial charge in [-0.2, -0.15) is 0 Å². The fourth-order valence-electron chi connectivity index (χ4n) is 1.80. The van der Waals surface area contributed by atoms with Crippen molar-refractivity contribution in [3.8, 4) is 11.8 Å². The van der Waals surface area contributed by atoms with Crippen molar-refractivity contribution in [2.75, 3.05) is 13.2 Å². The van der Waals surface area contributed by atoms with E-state index in [0.29, 0.717) is 30.8 Å². The first-order valence-corrected chi connectivity index (χ1v) is 6.75. The number of aliphatic hydroxyl groups is 1. The van der Waals surface area contributed by atoms with Gasteiger partial charge >= 0.3 is 0 Å². The molecule has 0 aliphatic heterocycles. The lowest BCUT2D eigenvalue weighted by Gasteiger charge is -2.05. The van der Waals surface area contributed by atoms with Gasteiger partial charge in [-0.3, -0.25) is 0 Å². The normalized spacial score (nSPS) is 14.0. The first-order valence-electron chi connectivity index (χ1n) is 6.75. The Morgan fingerprint density at radius 1 is 1.37 bits per heavy atom. The van der Waals surface area contributed by atoms with E-state index in [1.165, 1.54) is 18.9 Å². The minimum absolute atomic E-state index is 0.0302. The molecule has 0 heterocycles. The van der Waals surface area contributed by atoms with Crippen molar-refractivity contribution >= 4 is 0 Å². The Morgan fingerprint density at radius 2 is 2.21 bits per heavy atom. The molecule has 1 N–H and O–H groups in total. The maximum Gasteiger partial charge on any atom is 0.129 e. The summed E-state index contributed by atoms with van der Waals surface area (Å²) in [5.41, 5.74) is 1.20. The molecule has 0 saturated heterocycles. The number of halogens is 1. The van der Waals surface area contributed by atoms with Crippen LogP contribution < -0.4 is 0 Å². The Balaban J connectivity index is 1.82. The Bertz CT molecular complexity index is 469. The van der Waals surface area contributed by atoms with Crippen molar-refractivity contribution in [2.24, 2.45) is 5.92 Å². The van der Waals surface area contributed by atoms with Crippen molar-refractivity contribution in [2.45, 2.75) is 32.3 Å².